The van der Waals surface area contributed by atoms with E-state index in [4.69, 9.17) is 16.3 Å². The minimum Gasteiger partial charge on any atom is -0.479 e. The third-order valence-electron chi connectivity index (χ3n) is 3.24. The Morgan fingerprint density at radius 3 is 2.45 bits per heavy atom. The van der Waals surface area contributed by atoms with Gasteiger partial charge < -0.3 is 10.1 Å². The van der Waals surface area contributed by atoms with Gasteiger partial charge in [0, 0.05) is 5.56 Å². The monoisotopic (exact) mass is 321 g/mol. The van der Waals surface area contributed by atoms with E-state index in [1.54, 1.807) is 56.3 Å². The van der Waals surface area contributed by atoms with Crippen molar-refractivity contribution in [2.24, 2.45) is 0 Å². The average molecular weight is 322 g/mol. The molecule has 0 spiro atoms. The van der Waals surface area contributed by atoms with Crippen molar-refractivity contribution in [3.05, 3.63) is 64.9 Å². The van der Waals surface area contributed by atoms with Crippen molar-refractivity contribution in [1.82, 2.24) is 5.32 Å². The number of carbonyl (C=O) groups is 1. The number of carbonyl (C=O) groups excluding carboxylic acids is 1. The van der Waals surface area contributed by atoms with Gasteiger partial charge in [0.15, 0.2) is 6.10 Å². The molecule has 3 nitrogen and oxygen atoms in total. The fourth-order valence-electron chi connectivity index (χ4n) is 2.02. The second kappa shape index (κ2) is 7.27. The normalized spacial score (nSPS) is 13.3. The maximum absolute atomic E-state index is 13.7. The summed E-state index contributed by atoms with van der Waals surface area (Å²) in [5, 5.41) is 3.16. The zero-order valence-electron chi connectivity index (χ0n) is 12.3. The number of halogens is 2. The van der Waals surface area contributed by atoms with E-state index in [2.05, 4.69) is 5.32 Å². The molecule has 116 valence electrons. The molecule has 22 heavy (non-hydrogen) atoms. The topological polar surface area (TPSA) is 38.3 Å². The zero-order valence-corrected chi connectivity index (χ0v) is 13.1. The number of rotatable bonds is 5. The first-order chi connectivity index (χ1) is 10.5. The van der Waals surface area contributed by atoms with Crippen LogP contribution in [0.15, 0.2) is 48.5 Å². The van der Waals surface area contributed by atoms with Gasteiger partial charge in [-0.05, 0) is 32.0 Å². The lowest BCUT2D eigenvalue weighted by Gasteiger charge is -2.19. The Bertz CT molecular complexity index is 663. The van der Waals surface area contributed by atoms with Crippen LogP contribution in [-0.4, -0.2) is 12.0 Å². The molecule has 5 heteroatoms. The van der Waals surface area contributed by atoms with Crippen molar-refractivity contribution in [2.45, 2.75) is 26.0 Å². The van der Waals surface area contributed by atoms with Gasteiger partial charge >= 0.3 is 0 Å². The van der Waals surface area contributed by atoms with Gasteiger partial charge in [-0.2, -0.15) is 0 Å². The standard InChI is InChI=1S/C17H17ClFNO2/c1-11(13-7-3-5-9-15(13)19)20-17(21)12(2)22-16-10-6-4-8-14(16)18/h3-12H,1-2H3,(H,20,21)/t11-,12+/m1/s1. The van der Waals surface area contributed by atoms with Gasteiger partial charge in [0.1, 0.15) is 11.6 Å². The summed E-state index contributed by atoms with van der Waals surface area (Å²) in [6.07, 6.45) is -0.742. The Morgan fingerprint density at radius 2 is 1.77 bits per heavy atom. The highest BCUT2D eigenvalue weighted by atomic mass is 35.5. The molecule has 0 fully saturated rings. The van der Waals surface area contributed by atoms with E-state index in [0.717, 1.165) is 0 Å². The maximum Gasteiger partial charge on any atom is 0.261 e. The summed E-state index contributed by atoms with van der Waals surface area (Å²) >= 11 is 5.99. The molecule has 1 N–H and O–H groups in total. The van der Waals surface area contributed by atoms with Gasteiger partial charge in [0.25, 0.3) is 5.91 Å². The SMILES string of the molecule is C[C@H](Oc1ccccc1Cl)C(=O)N[C@H](C)c1ccccc1F. The third-order valence-corrected chi connectivity index (χ3v) is 3.55. The molecule has 1 amide bonds. The van der Waals surface area contributed by atoms with Gasteiger partial charge in [-0.3, -0.25) is 4.79 Å². The molecular formula is C17H17ClFNO2. The molecule has 0 aliphatic carbocycles. The lowest BCUT2D eigenvalue weighted by atomic mass is 10.1. The average Bonchev–Trinajstić information content (AvgIpc) is 2.49. The number of hydrogen-bond acceptors (Lipinski definition) is 2. The van der Waals surface area contributed by atoms with Gasteiger partial charge in [-0.15, -0.1) is 0 Å². The molecule has 0 radical (unpaired) electrons. The summed E-state index contributed by atoms with van der Waals surface area (Å²) < 4.78 is 19.2. The van der Waals surface area contributed by atoms with Gasteiger partial charge in [0.2, 0.25) is 0 Å². The van der Waals surface area contributed by atoms with E-state index in [1.165, 1.54) is 6.07 Å². The lowest BCUT2D eigenvalue weighted by Crippen LogP contribution is -2.38. The van der Waals surface area contributed by atoms with Crippen LogP contribution in [0.5, 0.6) is 5.75 Å². The van der Waals surface area contributed by atoms with E-state index < -0.39 is 12.1 Å². The Balaban J connectivity index is 2.00. The van der Waals surface area contributed by atoms with Gasteiger partial charge in [-0.1, -0.05) is 41.9 Å². The molecule has 2 rings (SSSR count). The first-order valence-corrected chi connectivity index (χ1v) is 7.33. The fourth-order valence-corrected chi connectivity index (χ4v) is 2.20. The minimum atomic E-state index is -0.742. The van der Waals surface area contributed by atoms with Crippen LogP contribution >= 0.6 is 11.6 Å². The smallest absolute Gasteiger partial charge is 0.261 e. The van der Waals surface area contributed by atoms with Gasteiger partial charge in [-0.25, -0.2) is 4.39 Å². The molecule has 0 unspecified atom stereocenters. The summed E-state index contributed by atoms with van der Waals surface area (Å²) in [5.41, 5.74) is 0.431. The molecule has 0 aliphatic heterocycles. The molecule has 0 aromatic heterocycles. The predicted molar refractivity (Wildman–Crippen MR) is 84.5 cm³/mol. The maximum atomic E-state index is 13.7. The first-order valence-electron chi connectivity index (χ1n) is 6.95. The fraction of sp³-hybridized carbons (Fsp3) is 0.235. The summed E-state index contributed by atoms with van der Waals surface area (Å²) in [5.74, 6) is -0.254. The molecule has 0 saturated carbocycles. The molecule has 2 aromatic carbocycles. The molecule has 0 aliphatic rings. The van der Waals surface area contributed by atoms with Crippen molar-refractivity contribution < 1.29 is 13.9 Å². The number of ether oxygens (including phenoxy) is 1. The van der Waals surface area contributed by atoms with Crippen LogP contribution in [-0.2, 0) is 4.79 Å². The van der Waals surface area contributed by atoms with Crippen molar-refractivity contribution in [3.8, 4) is 5.75 Å². The zero-order chi connectivity index (χ0) is 16.1. The summed E-state index contributed by atoms with van der Waals surface area (Å²) in [6, 6.07) is 12.8. The second-order valence-corrected chi connectivity index (χ2v) is 5.35. The predicted octanol–water partition coefficient (Wildman–Crippen LogP) is 4.12. The van der Waals surface area contributed by atoms with Crippen molar-refractivity contribution >= 4 is 17.5 Å². The highest BCUT2D eigenvalue weighted by molar-refractivity contribution is 6.32. The molecular weight excluding hydrogens is 305 g/mol. The number of para-hydroxylation sites is 1. The van der Waals surface area contributed by atoms with E-state index in [9.17, 15) is 9.18 Å². The minimum absolute atomic E-state index is 0.337. The summed E-state index contributed by atoms with van der Waals surface area (Å²) in [7, 11) is 0. The third kappa shape index (κ3) is 3.98. The highest BCUT2D eigenvalue weighted by Crippen LogP contribution is 2.24. The van der Waals surface area contributed by atoms with Gasteiger partial charge in [0.05, 0.1) is 11.1 Å². The lowest BCUT2D eigenvalue weighted by molar-refractivity contribution is -0.127. The number of nitrogens with one attached hydrogen (secondary N) is 1. The van der Waals surface area contributed by atoms with E-state index in [1.807, 2.05) is 0 Å². The Labute approximate surface area is 134 Å². The van der Waals surface area contributed by atoms with Crippen LogP contribution in [0.3, 0.4) is 0 Å². The van der Waals surface area contributed by atoms with Crippen molar-refractivity contribution in [2.75, 3.05) is 0 Å². The van der Waals surface area contributed by atoms with E-state index in [-0.39, 0.29) is 11.7 Å². The number of amides is 1. The Morgan fingerprint density at radius 1 is 1.14 bits per heavy atom. The van der Waals surface area contributed by atoms with Crippen LogP contribution in [0.1, 0.15) is 25.5 Å². The molecule has 0 bridgehead atoms. The van der Waals surface area contributed by atoms with E-state index >= 15 is 0 Å². The quantitative estimate of drug-likeness (QED) is 0.899. The van der Waals surface area contributed by atoms with Crippen molar-refractivity contribution in [1.29, 1.82) is 0 Å². The van der Waals surface area contributed by atoms with E-state index in [0.29, 0.717) is 16.3 Å². The summed E-state index contributed by atoms with van der Waals surface area (Å²) in [6.45, 7) is 3.34. The number of hydrogen-bond donors (Lipinski definition) is 1. The number of benzene rings is 2. The molecule has 0 heterocycles. The highest BCUT2D eigenvalue weighted by Gasteiger charge is 2.19. The Kier molecular flexibility index (Phi) is 5.39. The second-order valence-electron chi connectivity index (χ2n) is 4.94. The molecule has 0 saturated heterocycles. The summed E-state index contributed by atoms with van der Waals surface area (Å²) in [4.78, 5) is 12.2. The van der Waals surface area contributed by atoms with Crippen LogP contribution in [0.2, 0.25) is 5.02 Å². The van der Waals surface area contributed by atoms with Crippen LogP contribution in [0.25, 0.3) is 0 Å². The first kappa shape index (κ1) is 16.3. The molecule has 2 atom stereocenters. The molecule has 2 aromatic rings. The van der Waals surface area contributed by atoms with Crippen LogP contribution < -0.4 is 10.1 Å². The largest absolute Gasteiger partial charge is 0.479 e. The van der Waals surface area contributed by atoms with Crippen molar-refractivity contribution in [3.63, 3.8) is 0 Å². The van der Waals surface area contributed by atoms with Crippen LogP contribution in [0.4, 0.5) is 4.39 Å². The Hall–Kier alpha value is -2.07. The van der Waals surface area contributed by atoms with Crippen LogP contribution in [0, 0.1) is 5.82 Å².